The average molecular weight is 227 g/mol. The Kier molecular flexibility index (Phi) is 4.25. The number of aliphatic carboxylic acids is 1. The Morgan fingerprint density at radius 3 is 2.75 bits per heavy atom. The van der Waals surface area contributed by atoms with Gasteiger partial charge in [-0.2, -0.15) is 0 Å². The monoisotopic (exact) mass is 227 g/mol. The molecule has 1 rings (SSSR count). The van der Waals surface area contributed by atoms with Crippen LogP contribution in [0, 0.1) is 5.82 Å². The second-order valence-electron chi connectivity index (χ2n) is 3.31. The predicted octanol–water partition coefficient (Wildman–Crippen LogP) is 1.53. The maximum Gasteiger partial charge on any atom is 0.344 e. The van der Waals surface area contributed by atoms with Gasteiger partial charge in [-0.15, -0.1) is 0 Å². The maximum absolute atomic E-state index is 13.3. The fraction of sp³-hybridized carbons (Fsp3) is 0.364. The topological polar surface area (TPSA) is 72.5 Å². The summed E-state index contributed by atoms with van der Waals surface area (Å²) in [6, 6.07) is 4.14. The van der Waals surface area contributed by atoms with Crippen LogP contribution in [0.1, 0.15) is 18.9 Å². The Labute approximate surface area is 92.8 Å². The van der Waals surface area contributed by atoms with Crippen LogP contribution in [0.4, 0.5) is 4.39 Å². The van der Waals surface area contributed by atoms with Gasteiger partial charge in [0.15, 0.2) is 6.10 Å². The highest BCUT2D eigenvalue weighted by Crippen LogP contribution is 2.18. The molecule has 1 aromatic carbocycles. The third kappa shape index (κ3) is 2.93. The van der Waals surface area contributed by atoms with Gasteiger partial charge in [-0.3, -0.25) is 0 Å². The van der Waals surface area contributed by atoms with Crippen molar-refractivity contribution in [1.29, 1.82) is 0 Å². The van der Waals surface area contributed by atoms with E-state index in [2.05, 4.69) is 0 Å². The van der Waals surface area contributed by atoms with Gasteiger partial charge >= 0.3 is 5.97 Å². The van der Waals surface area contributed by atoms with E-state index in [1.165, 1.54) is 12.1 Å². The van der Waals surface area contributed by atoms with E-state index < -0.39 is 17.9 Å². The molecule has 0 saturated heterocycles. The van der Waals surface area contributed by atoms with E-state index in [1.807, 2.05) is 0 Å². The first-order valence-electron chi connectivity index (χ1n) is 4.96. The first-order chi connectivity index (χ1) is 7.58. The smallest absolute Gasteiger partial charge is 0.344 e. The molecule has 0 aliphatic carbocycles. The summed E-state index contributed by atoms with van der Waals surface area (Å²) in [7, 11) is 0. The van der Waals surface area contributed by atoms with Crippen molar-refractivity contribution in [3.63, 3.8) is 0 Å². The van der Waals surface area contributed by atoms with Crippen molar-refractivity contribution in [2.24, 2.45) is 5.73 Å². The number of hydrogen-bond donors (Lipinski definition) is 2. The quantitative estimate of drug-likeness (QED) is 0.800. The van der Waals surface area contributed by atoms with Gasteiger partial charge in [0.25, 0.3) is 0 Å². The van der Waals surface area contributed by atoms with Crippen molar-refractivity contribution in [3.8, 4) is 5.75 Å². The molecule has 4 nitrogen and oxygen atoms in total. The summed E-state index contributed by atoms with van der Waals surface area (Å²) >= 11 is 0. The Balaban J connectivity index is 2.81. The van der Waals surface area contributed by atoms with Crippen molar-refractivity contribution in [3.05, 3.63) is 29.6 Å². The zero-order chi connectivity index (χ0) is 12.1. The molecule has 0 bridgehead atoms. The van der Waals surface area contributed by atoms with Crippen LogP contribution in [0.2, 0.25) is 0 Å². The second-order valence-corrected chi connectivity index (χ2v) is 3.31. The van der Waals surface area contributed by atoms with Crippen molar-refractivity contribution in [1.82, 2.24) is 0 Å². The van der Waals surface area contributed by atoms with Gasteiger partial charge < -0.3 is 15.6 Å². The van der Waals surface area contributed by atoms with Crippen LogP contribution >= 0.6 is 0 Å². The Hall–Kier alpha value is -1.62. The maximum atomic E-state index is 13.3. The molecule has 0 fully saturated rings. The van der Waals surface area contributed by atoms with Gasteiger partial charge in [-0.1, -0.05) is 13.0 Å². The van der Waals surface area contributed by atoms with E-state index in [0.717, 1.165) is 6.07 Å². The Bertz CT molecular complexity index is 381. The number of hydrogen-bond acceptors (Lipinski definition) is 3. The molecule has 1 aromatic rings. The highest BCUT2D eigenvalue weighted by Gasteiger charge is 2.17. The average Bonchev–Trinajstić information content (AvgIpc) is 2.25. The van der Waals surface area contributed by atoms with E-state index in [9.17, 15) is 9.18 Å². The lowest BCUT2D eigenvalue weighted by atomic mass is 10.2. The Morgan fingerprint density at radius 2 is 2.31 bits per heavy atom. The van der Waals surface area contributed by atoms with Crippen LogP contribution in [-0.4, -0.2) is 17.2 Å². The van der Waals surface area contributed by atoms with Crippen molar-refractivity contribution in [2.45, 2.75) is 26.0 Å². The molecule has 1 unspecified atom stereocenters. The van der Waals surface area contributed by atoms with E-state index in [-0.39, 0.29) is 12.3 Å². The van der Waals surface area contributed by atoms with Crippen LogP contribution in [0.5, 0.6) is 5.75 Å². The summed E-state index contributed by atoms with van der Waals surface area (Å²) in [6.07, 6.45) is -0.640. The standard InChI is InChI=1S/C11H14FNO3/c1-2-10(11(14)15)16-8-4-3-7(6-13)9(12)5-8/h3-5,10H,2,6,13H2,1H3,(H,14,15). The number of nitrogens with two attached hydrogens (primary N) is 1. The lowest BCUT2D eigenvalue weighted by Crippen LogP contribution is -2.25. The number of carboxylic acid groups (broad SMARTS) is 1. The largest absolute Gasteiger partial charge is 0.479 e. The SMILES string of the molecule is CCC(Oc1ccc(CN)c(F)c1)C(=O)O. The number of benzene rings is 1. The number of carboxylic acids is 1. The number of rotatable bonds is 5. The molecule has 0 aliphatic heterocycles. The number of halogens is 1. The molecule has 1 atom stereocenters. The molecule has 0 aromatic heterocycles. The highest BCUT2D eigenvalue weighted by atomic mass is 19.1. The molecule has 0 saturated carbocycles. The van der Waals surface area contributed by atoms with Crippen LogP contribution in [0.25, 0.3) is 0 Å². The zero-order valence-corrected chi connectivity index (χ0v) is 8.94. The Morgan fingerprint density at radius 1 is 1.62 bits per heavy atom. The summed E-state index contributed by atoms with van der Waals surface area (Å²) in [5, 5.41) is 8.77. The molecule has 0 aliphatic rings. The molecular formula is C11H14FNO3. The van der Waals surface area contributed by atoms with Crippen LogP contribution in [0.3, 0.4) is 0 Å². The minimum absolute atomic E-state index is 0.0995. The summed E-state index contributed by atoms with van der Waals surface area (Å²) in [4.78, 5) is 10.7. The molecule has 0 radical (unpaired) electrons. The normalized spacial score (nSPS) is 12.2. The van der Waals surface area contributed by atoms with Crippen molar-refractivity contribution >= 4 is 5.97 Å². The fourth-order valence-corrected chi connectivity index (χ4v) is 1.24. The van der Waals surface area contributed by atoms with Crippen LogP contribution in [0.15, 0.2) is 18.2 Å². The third-order valence-electron chi connectivity index (χ3n) is 2.17. The zero-order valence-electron chi connectivity index (χ0n) is 8.94. The minimum Gasteiger partial charge on any atom is -0.479 e. The molecular weight excluding hydrogens is 213 g/mol. The second kappa shape index (κ2) is 5.46. The van der Waals surface area contributed by atoms with Crippen LogP contribution in [-0.2, 0) is 11.3 Å². The van der Waals surface area contributed by atoms with Gasteiger partial charge in [-0.25, -0.2) is 9.18 Å². The first-order valence-corrected chi connectivity index (χ1v) is 4.96. The highest BCUT2D eigenvalue weighted by molar-refractivity contribution is 5.72. The first kappa shape index (κ1) is 12.4. The van der Waals surface area contributed by atoms with E-state index in [0.29, 0.717) is 12.0 Å². The predicted molar refractivity (Wildman–Crippen MR) is 56.6 cm³/mol. The molecule has 5 heteroatoms. The van der Waals surface area contributed by atoms with E-state index in [4.69, 9.17) is 15.6 Å². The molecule has 88 valence electrons. The van der Waals surface area contributed by atoms with Crippen molar-refractivity contribution in [2.75, 3.05) is 0 Å². The lowest BCUT2D eigenvalue weighted by Gasteiger charge is -2.13. The van der Waals surface area contributed by atoms with E-state index >= 15 is 0 Å². The van der Waals surface area contributed by atoms with Gasteiger partial charge in [0.05, 0.1) is 0 Å². The van der Waals surface area contributed by atoms with Gasteiger partial charge in [0, 0.05) is 18.2 Å². The van der Waals surface area contributed by atoms with Crippen molar-refractivity contribution < 1.29 is 19.0 Å². The van der Waals surface area contributed by atoms with Gasteiger partial charge in [0.2, 0.25) is 0 Å². The molecule has 3 N–H and O–H groups in total. The van der Waals surface area contributed by atoms with E-state index in [1.54, 1.807) is 6.92 Å². The molecule has 16 heavy (non-hydrogen) atoms. The van der Waals surface area contributed by atoms with Gasteiger partial charge in [-0.05, 0) is 12.5 Å². The molecule has 0 amide bonds. The molecule has 0 heterocycles. The number of ether oxygens (including phenoxy) is 1. The van der Waals surface area contributed by atoms with Gasteiger partial charge in [0.1, 0.15) is 11.6 Å². The molecule has 0 spiro atoms. The summed E-state index contributed by atoms with van der Waals surface area (Å²) in [6.45, 7) is 1.78. The summed E-state index contributed by atoms with van der Waals surface area (Å²) in [5.41, 5.74) is 5.67. The summed E-state index contributed by atoms with van der Waals surface area (Å²) < 4.78 is 18.4. The fourth-order valence-electron chi connectivity index (χ4n) is 1.24. The third-order valence-corrected chi connectivity index (χ3v) is 2.17. The minimum atomic E-state index is -1.06. The summed E-state index contributed by atoms with van der Waals surface area (Å²) in [5.74, 6) is -1.35. The lowest BCUT2D eigenvalue weighted by molar-refractivity contribution is -0.145. The number of carbonyl (C=O) groups is 1. The van der Waals surface area contributed by atoms with Crippen LogP contribution < -0.4 is 10.5 Å².